The van der Waals surface area contributed by atoms with Gasteiger partial charge < -0.3 is 14.4 Å². The van der Waals surface area contributed by atoms with Gasteiger partial charge in [-0.1, -0.05) is 6.07 Å². The maximum absolute atomic E-state index is 5.96. The molecule has 0 amide bonds. The molecule has 7 heteroatoms. The number of likely N-dealkylation sites (tertiary alicyclic amines) is 1. The molecular formula is C20H25N5O2. The minimum Gasteiger partial charge on any atom is -0.378 e. The molecule has 2 fully saturated rings. The van der Waals surface area contributed by atoms with Crippen LogP contribution in [0.2, 0.25) is 0 Å². The van der Waals surface area contributed by atoms with E-state index >= 15 is 0 Å². The zero-order chi connectivity index (χ0) is 18.1. The Hall–Kier alpha value is -2.09. The van der Waals surface area contributed by atoms with Crippen LogP contribution in [-0.2, 0) is 28.0 Å². The molecular weight excluding hydrogens is 342 g/mol. The predicted molar refractivity (Wildman–Crippen MR) is 101 cm³/mol. The average Bonchev–Trinajstić information content (AvgIpc) is 3.12. The van der Waals surface area contributed by atoms with Crippen LogP contribution >= 0.6 is 0 Å². The minimum absolute atomic E-state index is 0.0280. The van der Waals surface area contributed by atoms with Gasteiger partial charge in [-0.2, -0.15) is 0 Å². The largest absolute Gasteiger partial charge is 0.378 e. The summed E-state index contributed by atoms with van der Waals surface area (Å²) in [4.78, 5) is 18.6. The summed E-state index contributed by atoms with van der Waals surface area (Å²) >= 11 is 0. The number of fused-ring (bicyclic) bond motifs is 2. The summed E-state index contributed by atoms with van der Waals surface area (Å²) in [6.45, 7) is 7.49. The molecule has 2 aromatic rings. The number of hydrogen-bond acceptors (Lipinski definition) is 7. The Morgan fingerprint density at radius 1 is 1.11 bits per heavy atom. The molecule has 0 bridgehead atoms. The molecule has 7 nitrogen and oxygen atoms in total. The number of pyridine rings is 1. The van der Waals surface area contributed by atoms with Crippen LogP contribution in [0.25, 0.3) is 0 Å². The maximum Gasteiger partial charge on any atom is 0.225 e. The molecule has 0 radical (unpaired) electrons. The molecule has 0 saturated carbocycles. The molecule has 5 rings (SSSR count). The lowest BCUT2D eigenvalue weighted by Gasteiger charge is -2.35. The SMILES string of the molecule is c1cncc(CN2CCC3(COCc4cnc(N5CCOCC5)nc43)C2)c1. The van der Waals surface area contributed by atoms with Crippen LogP contribution in [0.4, 0.5) is 5.95 Å². The van der Waals surface area contributed by atoms with Crippen LogP contribution in [0.15, 0.2) is 30.7 Å². The molecule has 0 aliphatic carbocycles. The Balaban J connectivity index is 1.40. The van der Waals surface area contributed by atoms with Crippen molar-refractivity contribution in [3.05, 3.63) is 47.5 Å². The third-order valence-electron chi connectivity index (χ3n) is 5.85. The van der Waals surface area contributed by atoms with E-state index in [0.29, 0.717) is 6.61 Å². The Morgan fingerprint density at radius 3 is 2.89 bits per heavy atom. The molecule has 0 N–H and O–H groups in total. The first-order chi connectivity index (χ1) is 13.3. The zero-order valence-corrected chi connectivity index (χ0v) is 15.5. The van der Waals surface area contributed by atoms with Crippen molar-refractivity contribution in [3.8, 4) is 0 Å². The van der Waals surface area contributed by atoms with Gasteiger partial charge in [0.2, 0.25) is 5.95 Å². The summed E-state index contributed by atoms with van der Waals surface area (Å²) in [5.41, 5.74) is 3.56. The number of aromatic nitrogens is 3. The molecule has 27 heavy (non-hydrogen) atoms. The van der Waals surface area contributed by atoms with Crippen LogP contribution in [0.5, 0.6) is 0 Å². The highest BCUT2D eigenvalue weighted by molar-refractivity contribution is 5.38. The van der Waals surface area contributed by atoms with E-state index in [0.717, 1.165) is 70.5 Å². The maximum atomic E-state index is 5.96. The highest BCUT2D eigenvalue weighted by Gasteiger charge is 2.45. The smallest absolute Gasteiger partial charge is 0.225 e. The highest BCUT2D eigenvalue weighted by Crippen LogP contribution is 2.39. The first-order valence-corrected chi connectivity index (χ1v) is 9.71. The topological polar surface area (TPSA) is 63.6 Å². The summed E-state index contributed by atoms with van der Waals surface area (Å²) in [6.07, 6.45) is 6.82. The van der Waals surface area contributed by atoms with Crippen LogP contribution < -0.4 is 4.90 Å². The van der Waals surface area contributed by atoms with Gasteiger partial charge in [0, 0.05) is 50.3 Å². The Bertz CT molecular complexity index is 796. The molecule has 3 aliphatic rings. The normalized spacial score (nSPS) is 25.7. The van der Waals surface area contributed by atoms with E-state index in [1.165, 1.54) is 11.3 Å². The first-order valence-electron chi connectivity index (χ1n) is 9.71. The molecule has 2 aromatic heterocycles. The van der Waals surface area contributed by atoms with E-state index < -0.39 is 0 Å². The van der Waals surface area contributed by atoms with E-state index in [1.807, 2.05) is 24.7 Å². The number of ether oxygens (including phenoxy) is 2. The van der Waals surface area contributed by atoms with Crippen LogP contribution in [-0.4, -0.2) is 65.9 Å². The number of anilines is 1. The van der Waals surface area contributed by atoms with Gasteiger partial charge in [-0.25, -0.2) is 9.97 Å². The van der Waals surface area contributed by atoms with E-state index in [4.69, 9.17) is 14.5 Å². The van der Waals surface area contributed by atoms with Gasteiger partial charge in [-0.15, -0.1) is 0 Å². The summed E-state index contributed by atoms with van der Waals surface area (Å²) in [5, 5.41) is 0. The average molecular weight is 367 g/mol. The van der Waals surface area contributed by atoms with Gasteiger partial charge in [-0.05, 0) is 24.6 Å². The zero-order valence-electron chi connectivity index (χ0n) is 15.5. The predicted octanol–water partition coefficient (Wildman–Crippen LogP) is 1.38. The van der Waals surface area contributed by atoms with Gasteiger partial charge >= 0.3 is 0 Å². The fourth-order valence-electron chi connectivity index (χ4n) is 4.46. The lowest BCUT2D eigenvalue weighted by molar-refractivity contribution is 0.0502. The molecule has 1 unspecified atom stereocenters. The van der Waals surface area contributed by atoms with Crippen molar-refractivity contribution in [2.45, 2.75) is 25.0 Å². The molecule has 1 atom stereocenters. The number of rotatable bonds is 3. The minimum atomic E-state index is -0.0280. The Labute approximate surface area is 159 Å². The van der Waals surface area contributed by atoms with E-state index in [-0.39, 0.29) is 5.41 Å². The van der Waals surface area contributed by atoms with E-state index in [1.54, 1.807) is 0 Å². The van der Waals surface area contributed by atoms with Crippen molar-refractivity contribution in [2.75, 3.05) is 50.9 Å². The third kappa shape index (κ3) is 3.31. The molecule has 3 aliphatic heterocycles. The van der Waals surface area contributed by atoms with Crippen molar-refractivity contribution in [1.29, 1.82) is 0 Å². The summed E-state index contributed by atoms with van der Waals surface area (Å²) in [6, 6.07) is 4.14. The van der Waals surface area contributed by atoms with Crippen molar-refractivity contribution in [3.63, 3.8) is 0 Å². The van der Waals surface area contributed by atoms with Crippen LogP contribution in [0, 0.1) is 0 Å². The molecule has 1 spiro atoms. The van der Waals surface area contributed by atoms with Crippen LogP contribution in [0.1, 0.15) is 23.2 Å². The molecule has 142 valence electrons. The van der Waals surface area contributed by atoms with E-state index in [2.05, 4.69) is 25.8 Å². The second-order valence-corrected chi connectivity index (χ2v) is 7.74. The summed E-state index contributed by atoms with van der Waals surface area (Å²) < 4.78 is 11.4. The summed E-state index contributed by atoms with van der Waals surface area (Å²) in [5.74, 6) is 0.837. The van der Waals surface area contributed by atoms with Gasteiger partial charge in [-0.3, -0.25) is 9.88 Å². The van der Waals surface area contributed by atoms with Crippen molar-refractivity contribution < 1.29 is 9.47 Å². The number of nitrogens with zero attached hydrogens (tertiary/aromatic N) is 5. The molecule has 2 saturated heterocycles. The number of hydrogen-bond donors (Lipinski definition) is 0. The second kappa shape index (κ2) is 7.14. The monoisotopic (exact) mass is 367 g/mol. The van der Waals surface area contributed by atoms with Crippen molar-refractivity contribution in [1.82, 2.24) is 19.9 Å². The lowest BCUT2D eigenvalue weighted by atomic mass is 9.80. The molecule has 0 aromatic carbocycles. The Kier molecular flexibility index (Phi) is 4.51. The van der Waals surface area contributed by atoms with Crippen molar-refractivity contribution in [2.24, 2.45) is 0 Å². The van der Waals surface area contributed by atoms with Gasteiger partial charge in [0.05, 0.1) is 37.5 Å². The summed E-state index contributed by atoms with van der Waals surface area (Å²) in [7, 11) is 0. The second-order valence-electron chi connectivity index (χ2n) is 7.74. The van der Waals surface area contributed by atoms with E-state index in [9.17, 15) is 0 Å². The number of morpholine rings is 1. The Morgan fingerprint density at radius 2 is 2.04 bits per heavy atom. The van der Waals surface area contributed by atoms with Gasteiger partial charge in [0.15, 0.2) is 0 Å². The third-order valence-corrected chi connectivity index (χ3v) is 5.85. The fraction of sp³-hybridized carbons (Fsp3) is 0.550. The molecule has 5 heterocycles. The lowest BCUT2D eigenvalue weighted by Crippen LogP contribution is -2.42. The van der Waals surface area contributed by atoms with Gasteiger partial charge in [0.1, 0.15) is 0 Å². The fourth-order valence-corrected chi connectivity index (χ4v) is 4.46. The van der Waals surface area contributed by atoms with Crippen molar-refractivity contribution >= 4 is 5.95 Å². The highest BCUT2D eigenvalue weighted by atomic mass is 16.5. The quantitative estimate of drug-likeness (QED) is 0.812. The van der Waals surface area contributed by atoms with Gasteiger partial charge in [0.25, 0.3) is 0 Å². The standard InChI is InChI=1S/C20H25N5O2/c1-2-16(10-21-4-1)12-24-5-3-20(14-24)15-27-13-17-11-22-19(23-18(17)20)25-6-8-26-9-7-25/h1-2,4,10-11H,3,5-9,12-15H2. The van der Waals surface area contributed by atoms with Crippen LogP contribution in [0.3, 0.4) is 0 Å². The first kappa shape index (κ1) is 17.0.